The summed E-state index contributed by atoms with van der Waals surface area (Å²) in [5.74, 6) is 0. The summed E-state index contributed by atoms with van der Waals surface area (Å²) in [5.41, 5.74) is 20.4. The number of benzene rings is 8. The van der Waals surface area contributed by atoms with Gasteiger partial charge >= 0.3 is 0 Å². The molecule has 1 heterocycles. The number of anilines is 3. The van der Waals surface area contributed by atoms with Crippen molar-refractivity contribution in [2.24, 2.45) is 0 Å². The van der Waals surface area contributed by atoms with E-state index in [1.165, 1.54) is 61.3 Å². The van der Waals surface area contributed by atoms with Crippen molar-refractivity contribution in [3.05, 3.63) is 198 Å². The minimum absolute atomic E-state index is 0.0490. The Balaban J connectivity index is 1.13. The molecule has 0 radical (unpaired) electrons. The average molecular weight is 720 g/mol. The van der Waals surface area contributed by atoms with Crippen molar-refractivity contribution in [2.45, 2.75) is 38.5 Å². The maximum Gasteiger partial charge on any atom is 0.136 e. The van der Waals surface area contributed by atoms with E-state index in [1.54, 1.807) is 0 Å². The van der Waals surface area contributed by atoms with Crippen molar-refractivity contribution in [1.82, 2.24) is 0 Å². The van der Waals surface area contributed by atoms with E-state index < -0.39 is 0 Å². The SMILES string of the molecule is CC1(C)c2ccccc2-c2cc(-c3ccccc3N(c3cccc(-c4ccc5c(c4)oc4ccccc45)c3)c3cccc4c3-c3ccccc3C4(C)C)ccc21. The fourth-order valence-corrected chi connectivity index (χ4v) is 9.86. The van der Waals surface area contributed by atoms with E-state index in [-0.39, 0.29) is 10.8 Å². The lowest BCUT2D eigenvalue weighted by molar-refractivity contribution is 0.660. The van der Waals surface area contributed by atoms with Gasteiger partial charge in [-0.05, 0) is 104 Å². The summed E-state index contributed by atoms with van der Waals surface area (Å²) in [6.45, 7) is 9.42. The van der Waals surface area contributed by atoms with Gasteiger partial charge in [-0.25, -0.2) is 0 Å². The number of hydrogen-bond donors (Lipinski definition) is 0. The predicted octanol–water partition coefficient (Wildman–Crippen LogP) is 15.0. The lowest BCUT2D eigenvalue weighted by Crippen LogP contribution is -2.16. The van der Waals surface area contributed by atoms with Crippen LogP contribution in [0.25, 0.3) is 66.4 Å². The second-order valence-electron chi connectivity index (χ2n) is 16.5. The molecular formula is C54H41NO. The Bertz CT molecular complexity index is 3050. The van der Waals surface area contributed by atoms with Gasteiger partial charge in [-0.15, -0.1) is 0 Å². The first-order valence-electron chi connectivity index (χ1n) is 19.7. The topological polar surface area (TPSA) is 16.4 Å². The average Bonchev–Trinajstić information content (AvgIpc) is 3.81. The molecule has 11 rings (SSSR count). The monoisotopic (exact) mass is 719 g/mol. The van der Waals surface area contributed by atoms with Crippen molar-refractivity contribution in [3.8, 4) is 44.5 Å². The van der Waals surface area contributed by atoms with Crippen LogP contribution in [-0.2, 0) is 10.8 Å². The minimum atomic E-state index is -0.128. The zero-order valence-corrected chi connectivity index (χ0v) is 32.1. The van der Waals surface area contributed by atoms with E-state index in [0.29, 0.717) is 0 Å². The molecule has 0 saturated carbocycles. The van der Waals surface area contributed by atoms with E-state index in [0.717, 1.165) is 44.4 Å². The van der Waals surface area contributed by atoms with E-state index in [1.807, 2.05) is 12.1 Å². The number of para-hydroxylation sites is 2. The van der Waals surface area contributed by atoms with Crippen molar-refractivity contribution in [1.29, 1.82) is 0 Å². The number of rotatable bonds is 5. The molecule has 9 aromatic rings. The highest BCUT2D eigenvalue weighted by molar-refractivity contribution is 6.06. The predicted molar refractivity (Wildman–Crippen MR) is 234 cm³/mol. The Labute approximate surface area is 328 Å². The van der Waals surface area contributed by atoms with Crippen LogP contribution in [0.4, 0.5) is 17.1 Å². The van der Waals surface area contributed by atoms with Gasteiger partial charge in [0.05, 0.1) is 11.4 Å². The smallest absolute Gasteiger partial charge is 0.136 e. The Morgan fingerprint density at radius 2 is 0.964 bits per heavy atom. The number of nitrogens with zero attached hydrogens (tertiary/aromatic N) is 1. The van der Waals surface area contributed by atoms with Gasteiger partial charge < -0.3 is 9.32 Å². The molecule has 268 valence electrons. The maximum absolute atomic E-state index is 6.35. The zero-order chi connectivity index (χ0) is 37.8. The third-order valence-corrected chi connectivity index (χ3v) is 12.7. The normalized spacial score (nSPS) is 14.4. The van der Waals surface area contributed by atoms with Crippen LogP contribution in [-0.4, -0.2) is 0 Å². The molecule has 0 amide bonds. The third kappa shape index (κ3) is 4.69. The second-order valence-corrected chi connectivity index (χ2v) is 16.5. The zero-order valence-electron chi connectivity index (χ0n) is 32.1. The molecule has 0 atom stereocenters. The lowest BCUT2D eigenvalue weighted by atomic mass is 9.82. The van der Waals surface area contributed by atoms with Crippen molar-refractivity contribution in [3.63, 3.8) is 0 Å². The molecule has 0 saturated heterocycles. The molecule has 0 aliphatic heterocycles. The van der Waals surface area contributed by atoms with Crippen LogP contribution < -0.4 is 4.90 Å². The van der Waals surface area contributed by atoms with Gasteiger partial charge in [0.25, 0.3) is 0 Å². The van der Waals surface area contributed by atoms with Crippen molar-refractivity contribution in [2.75, 3.05) is 4.90 Å². The van der Waals surface area contributed by atoms with Crippen LogP contribution in [0.3, 0.4) is 0 Å². The van der Waals surface area contributed by atoms with Crippen LogP contribution >= 0.6 is 0 Å². The van der Waals surface area contributed by atoms with Crippen LogP contribution in [0, 0.1) is 0 Å². The van der Waals surface area contributed by atoms with Gasteiger partial charge in [-0.1, -0.05) is 155 Å². The minimum Gasteiger partial charge on any atom is -0.456 e. The molecular weight excluding hydrogens is 679 g/mol. The highest BCUT2D eigenvalue weighted by Gasteiger charge is 2.38. The fourth-order valence-electron chi connectivity index (χ4n) is 9.86. The first kappa shape index (κ1) is 32.8. The molecule has 1 aromatic heterocycles. The highest BCUT2D eigenvalue weighted by atomic mass is 16.3. The Hall–Kier alpha value is -6.64. The highest BCUT2D eigenvalue weighted by Crippen LogP contribution is 2.56. The van der Waals surface area contributed by atoms with E-state index in [9.17, 15) is 0 Å². The van der Waals surface area contributed by atoms with Crippen LogP contribution in [0.15, 0.2) is 180 Å². The van der Waals surface area contributed by atoms with Crippen LogP contribution in [0.2, 0.25) is 0 Å². The quantitative estimate of drug-likeness (QED) is 0.176. The van der Waals surface area contributed by atoms with E-state index in [4.69, 9.17) is 4.42 Å². The van der Waals surface area contributed by atoms with Crippen LogP contribution in [0.5, 0.6) is 0 Å². The standard InChI is InChI=1S/C54H41NO/c1-53(2)44-21-9-5-18-39(44)43-32-36(28-30-46(43)53)38-17-7-11-24-48(38)55(49-25-14-23-47-52(49)42-20-6-10-22-45(42)54(47,3)4)37-16-13-15-34(31-37)35-27-29-41-40-19-8-12-26-50(40)56-51(41)33-35/h5-33H,1-4H3. The second kappa shape index (κ2) is 11.9. The summed E-state index contributed by atoms with van der Waals surface area (Å²) in [6, 6.07) is 64.7. The summed E-state index contributed by atoms with van der Waals surface area (Å²) >= 11 is 0. The van der Waals surface area contributed by atoms with Crippen LogP contribution in [0.1, 0.15) is 49.9 Å². The first-order valence-corrected chi connectivity index (χ1v) is 19.7. The summed E-state index contributed by atoms with van der Waals surface area (Å²) < 4.78 is 6.35. The number of furan rings is 1. The molecule has 0 N–H and O–H groups in total. The molecule has 0 fully saturated rings. The van der Waals surface area contributed by atoms with Crippen molar-refractivity contribution >= 4 is 39.0 Å². The van der Waals surface area contributed by atoms with Crippen molar-refractivity contribution < 1.29 is 4.42 Å². The Morgan fingerprint density at radius 3 is 1.82 bits per heavy atom. The largest absolute Gasteiger partial charge is 0.456 e. The molecule has 0 bridgehead atoms. The van der Waals surface area contributed by atoms with Gasteiger partial charge in [0.1, 0.15) is 11.2 Å². The van der Waals surface area contributed by atoms with E-state index in [2.05, 4.69) is 196 Å². The van der Waals surface area contributed by atoms with Gasteiger partial charge in [-0.2, -0.15) is 0 Å². The summed E-state index contributed by atoms with van der Waals surface area (Å²) in [6.07, 6.45) is 0. The Morgan fingerprint density at radius 1 is 0.375 bits per heavy atom. The van der Waals surface area contributed by atoms with E-state index >= 15 is 0 Å². The number of fused-ring (bicyclic) bond motifs is 9. The Kier molecular flexibility index (Phi) is 6.98. The molecule has 56 heavy (non-hydrogen) atoms. The van der Waals surface area contributed by atoms with Gasteiger partial charge in [0, 0.05) is 38.4 Å². The summed E-state index contributed by atoms with van der Waals surface area (Å²) in [4.78, 5) is 2.50. The third-order valence-electron chi connectivity index (χ3n) is 12.7. The van der Waals surface area contributed by atoms with Gasteiger partial charge in [0.15, 0.2) is 0 Å². The summed E-state index contributed by atoms with van der Waals surface area (Å²) in [5, 5.41) is 2.28. The fraction of sp³-hybridized carbons (Fsp3) is 0.111. The maximum atomic E-state index is 6.35. The summed E-state index contributed by atoms with van der Waals surface area (Å²) in [7, 11) is 0. The molecule has 2 aliphatic rings. The van der Waals surface area contributed by atoms with Gasteiger partial charge in [0.2, 0.25) is 0 Å². The molecule has 2 nitrogen and oxygen atoms in total. The van der Waals surface area contributed by atoms with Gasteiger partial charge in [-0.3, -0.25) is 0 Å². The molecule has 2 aliphatic carbocycles. The molecule has 8 aromatic carbocycles. The molecule has 0 unspecified atom stereocenters. The number of hydrogen-bond acceptors (Lipinski definition) is 2. The molecule has 0 spiro atoms. The first-order chi connectivity index (χ1) is 27.3. The lowest BCUT2D eigenvalue weighted by Gasteiger charge is -2.31. The molecule has 2 heteroatoms.